The third-order valence-electron chi connectivity index (χ3n) is 8.03. The Labute approximate surface area is 210 Å². The summed E-state index contributed by atoms with van der Waals surface area (Å²) in [6, 6.07) is 7.43. The maximum absolute atomic E-state index is 2.73. The molecule has 2 atom stereocenters. The summed E-state index contributed by atoms with van der Waals surface area (Å²) in [5.41, 5.74) is 8.55. The molecule has 160 valence electrons. The normalized spacial score (nSPS) is 24.4. The van der Waals surface area contributed by atoms with E-state index in [1.165, 1.54) is 43.2 Å². The molecule has 1 fully saturated rings. The van der Waals surface area contributed by atoms with E-state index in [1.807, 2.05) is 0 Å². The van der Waals surface area contributed by atoms with Gasteiger partial charge in [0.15, 0.2) is 0 Å². The predicted molar refractivity (Wildman–Crippen MR) is 113 cm³/mol. The summed E-state index contributed by atoms with van der Waals surface area (Å²) in [6.07, 6.45) is 7.16. The third-order valence-corrected chi connectivity index (χ3v) is 16.2. The van der Waals surface area contributed by atoms with Crippen molar-refractivity contribution in [3.05, 3.63) is 49.9 Å². The van der Waals surface area contributed by atoms with Crippen LogP contribution in [0.1, 0.15) is 70.9 Å². The molecule has 0 N–H and O–H groups in total. The monoisotopic (exact) mass is 504 g/mol. The zero-order valence-corrected chi connectivity index (χ0v) is 23.8. The number of rotatable bonds is 3. The molecule has 0 nitrogen and oxygen atoms in total. The van der Waals surface area contributed by atoms with Crippen LogP contribution >= 0.6 is 0 Å². The van der Waals surface area contributed by atoms with Crippen molar-refractivity contribution in [3.63, 3.8) is 0 Å². The molecule has 2 unspecified atom stereocenters. The van der Waals surface area contributed by atoms with Crippen LogP contribution in [0.4, 0.5) is 0 Å². The van der Waals surface area contributed by atoms with Gasteiger partial charge in [0.25, 0.3) is 0 Å². The van der Waals surface area contributed by atoms with Crippen molar-refractivity contribution in [1.29, 1.82) is 0 Å². The van der Waals surface area contributed by atoms with Crippen molar-refractivity contribution >= 4 is 13.3 Å². The fourth-order valence-corrected chi connectivity index (χ4v) is 13.9. The molecule has 0 spiro atoms. The Bertz CT molecular complexity index is 749. The molecule has 0 radical (unpaired) electrons. The largest absolute Gasteiger partial charge is 1.00 e. The smallest absolute Gasteiger partial charge is 1.00 e. The average Bonchev–Trinajstić information content (AvgIpc) is 2.77. The van der Waals surface area contributed by atoms with Gasteiger partial charge in [-0.15, -0.1) is 0 Å². The van der Waals surface area contributed by atoms with Crippen LogP contribution in [0, 0.1) is 13.8 Å². The second-order valence-corrected chi connectivity index (χ2v) is 14.9. The molecule has 1 saturated carbocycles. The van der Waals surface area contributed by atoms with Crippen molar-refractivity contribution in [2.75, 3.05) is 0 Å². The summed E-state index contributed by atoms with van der Waals surface area (Å²) in [4.78, 5) is 0. The molecule has 29 heavy (non-hydrogen) atoms. The van der Waals surface area contributed by atoms with Crippen molar-refractivity contribution in [3.8, 4) is 0 Å². The van der Waals surface area contributed by atoms with Crippen molar-refractivity contribution in [2.45, 2.75) is 90.8 Å². The van der Waals surface area contributed by atoms with Crippen LogP contribution in [0.2, 0.25) is 17.1 Å². The standard InChI is InChI=1S/C24H35Si.3ClH.Ti/c1-17-13-18(2)15-23(14-17)25(7,22-11-9-8-10-12-22)24(6)16-19(3)20(4)21(24)5;;;;/h13-15,22H,8-12H2,1-7H3;3*1H;/q;;;;+3/p-3. The molecule has 0 bridgehead atoms. The van der Waals surface area contributed by atoms with Gasteiger partial charge in [-0.3, -0.25) is 0 Å². The molecule has 0 saturated heterocycles. The first-order valence-electron chi connectivity index (χ1n) is 10.3. The summed E-state index contributed by atoms with van der Waals surface area (Å²) >= 11 is 2.44. The van der Waals surface area contributed by atoms with Gasteiger partial charge < -0.3 is 37.2 Å². The molecule has 1 aromatic rings. The van der Waals surface area contributed by atoms with E-state index in [2.05, 4.69) is 86.7 Å². The molecular weight excluding hydrogens is 471 g/mol. The van der Waals surface area contributed by atoms with Gasteiger partial charge >= 0.3 is 174 Å². The molecule has 2 aliphatic carbocycles. The Morgan fingerprint density at radius 1 is 0.828 bits per heavy atom. The van der Waals surface area contributed by atoms with E-state index in [-0.39, 0.29) is 42.3 Å². The maximum Gasteiger partial charge on any atom is -1.00 e. The quantitative estimate of drug-likeness (QED) is 0.412. The van der Waals surface area contributed by atoms with Crippen LogP contribution in [0.15, 0.2) is 38.8 Å². The molecule has 0 amide bonds. The van der Waals surface area contributed by atoms with Gasteiger partial charge in [-0.1, -0.05) is 0 Å². The number of hydrogen-bond acceptors (Lipinski definition) is 0. The first-order chi connectivity index (χ1) is 12.1. The second-order valence-electron chi connectivity index (χ2n) is 9.29. The SMILES string of the molecule is CC1=C(C)C(C)([Si](C)(c2cc(C)cc(C)c2)C2CCCCC2)[C]([Ti+3])=C1C.[Cl-].[Cl-].[Cl-]. The van der Waals surface area contributed by atoms with Gasteiger partial charge in [-0.25, -0.2) is 0 Å². The fraction of sp³-hybridized carbons (Fsp3) is 0.583. The summed E-state index contributed by atoms with van der Waals surface area (Å²) in [5.74, 6) is 0. The van der Waals surface area contributed by atoms with Gasteiger partial charge in [0.05, 0.1) is 0 Å². The van der Waals surface area contributed by atoms with Gasteiger partial charge in [0.2, 0.25) is 0 Å². The molecule has 0 aliphatic heterocycles. The minimum absolute atomic E-state index is 0. The van der Waals surface area contributed by atoms with E-state index in [0.717, 1.165) is 5.54 Å². The first kappa shape index (κ1) is 29.5. The van der Waals surface area contributed by atoms with Crippen LogP contribution in [0.5, 0.6) is 0 Å². The fourth-order valence-electron chi connectivity index (χ4n) is 5.94. The Balaban J connectivity index is 0.00000261. The number of hydrogen-bond donors (Lipinski definition) is 0. The van der Waals surface area contributed by atoms with Crippen molar-refractivity contribution in [2.24, 2.45) is 0 Å². The minimum Gasteiger partial charge on any atom is -1.00 e. The number of allylic oxidation sites excluding steroid dienone is 4. The van der Waals surface area contributed by atoms with E-state index in [9.17, 15) is 0 Å². The van der Waals surface area contributed by atoms with E-state index in [4.69, 9.17) is 0 Å². The van der Waals surface area contributed by atoms with Gasteiger partial charge in [0.1, 0.15) is 0 Å². The van der Waals surface area contributed by atoms with Crippen LogP contribution in [-0.4, -0.2) is 8.07 Å². The van der Waals surface area contributed by atoms with Crippen LogP contribution in [-0.2, 0) is 20.4 Å². The molecule has 0 heterocycles. The molecule has 0 aromatic heterocycles. The van der Waals surface area contributed by atoms with Crippen molar-refractivity contribution in [1.82, 2.24) is 0 Å². The molecule has 2 aliphatic rings. The van der Waals surface area contributed by atoms with Crippen LogP contribution in [0.25, 0.3) is 0 Å². The zero-order chi connectivity index (χ0) is 19.3. The number of aryl methyl sites for hydroxylation is 2. The Kier molecular flexibility index (Phi) is 11.1. The summed E-state index contributed by atoms with van der Waals surface area (Å²) in [5, 5.41) is 1.95. The predicted octanol–water partition coefficient (Wildman–Crippen LogP) is -2.13. The summed E-state index contributed by atoms with van der Waals surface area (Å²) < 4.78 is 1.66. The van der Waals surface area contributed by atoms with Gasteiger partial charge in [-0.2, -0.15) is 0 Å². The Morgan fingerprint density at radius 2 is 1.31 bits per heavy atom. The summed E-state index contributed by atoms with van der Waals surface area (Å²) in [7, 11) is -1.80. The first-order valence-corrected chi connectivity index (χ1v) is 13.7. The molecular formula is C24H35Cl3SiTi. The van der Waals surface area contributed by atoms with E-state index in [0.29, 0.717) is 0 Å². The Morgan fingerprint density at radius 3 is 1.72 bits per heavy atom. The topological polar surface area (TPSA) is 0 Å². The van der Waals surface area contributed by atoms with Crippen molar-refractivity contribution < 1.29 is 57.7 Å². The molecule has 5 heteroatoms. The number of benzene rings is 1. The van der Waals surface area contributed by atoms with E-state index < -0.39 is 8.07 Å². The number of halogens is 3. The Hall–Kier alpha value is 0.501. The van der Waals surface area contributed by atoms with E-state index >= 15 is 0 Å². The average molecular weight is 506 g/mol. The van der Waals surface area contributed by atoms with Crippen LogP contribution < -0.4 is 42.4 Å². The van der Waals surface area contributed by atoms with Gasteiger partial charge in [0, 0.05) is 0 Å². The van der Waals surface area contributed by atoms with Crippen LogP contribution in [0.3, 0.4) is 0 Å². The van der Waals surface area contributed by atoms with Gasteiger partial charge in [-0.05, 0) is 0 Å². The van der Waals surface area contributed by atoms with E-state index in [1.54, 1.807) is 25.8 Å². The zero-order valence-electron chi connectivity index (χ0n) is 19.0. The molecule has 1 aromatic carbocycles. The maximum atomic E-state index is 2.73. The minimum atomic E-state index is -1.80. The third kappa shape index (κ3) is 4.67. The molecule has 3 rings (SSSR count). The second kappa shape index (κ2) is 10.9. The summed E-state index contributed by atoms with van der Waals surface area (Å²) in [6.45, 7) is 17.1.